The van der Waals surface area contributed by atoms with Crippen molar-refractivity contribution >= 4 is 20.1 Å². The monoisotopic (exact) mass is 402 g/mol. The summed E-state index contributed by atoms with van der Waals surface area (Å²) in [5, 5.41) is 3.63. The fraction of sp³-hybridized carbons (Fsp3) is 0.273. The molecule has 3 aliphatic rings. The molecule has 5 rings (SSSR count). The first-order valence-electron chi connectivity index (χ1n) is 9.01. The van der Waals surface area contributed by atoms with Crippen molar-refractivity contribution in [3.05, 3.63) is 81.4 Å². The Morgan fingerprint density at radius 3 is 1.81 bits per heavy atom. The van der Waals surface area contributed by atoms with Gasteiger partial charge in [-0.3, -0.25) is 0 Å². The maximum Gasteiger partial charge on any atom is -1.00 e. The third-order valence-corrected chi connectivity index (χ3v) is 12.0. The van der Waals surface area contributed by atoms with Gasteiger partial charge in [-0.05, 0) is 0 Å². The second-order valence-corrected chi connectivity index (χ2v) is 11.6. The van der Waals surface area contributed by atoms with Crippen molar-refractivity contribution in [3.63, 3.8) is 0 Å². The van der Waals surface area contributed by atoms with E-state index in [1.807, 2.05) is 10.6 Å². The van der Waals surface area contributed by atoms with Gasteiger partial charge in [-0.2, -0.15) is 0 Å². The van der Waals surface area contributed by atoms with Gasteiger partial charge in [-0.25, -0.2) is 0 Å². The average molecular weight is 402 g/mol. The molecule has 0 spiro atoms. The van der Waals surface area contributed by atoms with Crippen molar-refractivity contribution in [1.82, 2.24) is 0 Å². The Hall–Kier alpha value is -1.08. The summed E-state index contributed by atoms with van der Waals surface area (Å²) in [4.78, 5) is 0. The van der Waals surface area contributed by atoms with E-state index in [4.69, 9.17) is 0 Å². The molecule has 1 saturated heterocycles. The Morgan fingerprint density at radius 2 is 1.31 bits per heavy atom. The molecule has 0 nitrogen and oxygen atoms in total. The van der Waals surface area contributed by atoms with Gasteiger partial charge in [-0.1, -0.05) is 0 Å². The van der Waals surface area contributed by atoms with Crippen LogP contribution >= 0.6 is 7.92 Å². The van der Waals surface area contributed by atoms with Gasteiger partial charge in [-0.15, -0.1) is 0 Å². The summed E-state index contributed by atoms with van der Waals surface area (Å²) in [7, 11) is -0.0976. The fourth-order valence-electron chi connectivity index (χ4n) is 4.32. The second kappa shape index (κ2) is 7.89. The smallest absolute Gasteiger partial charge is 1.00 e. The van der Waals surface area contributed by atoms with Crippen LogP contribution in [0.4, 0.5) is 0 Å². The zero-order valence-electron chi connectivity index (χ0n) is 14.8. The van der Waals surface area contributed by atoms with Gasteiger partial charge in [0.25, 0.3) is 0 Å². The molecule has 2 unspecified atom stereocenters. The molecule has 0 N–H and O–H groups in total. The van der Waals surface area contributed by atoms with Crippen LogP contribution < -0.4 is 9.41 Å². The van der Waals surface area contributed by atoms with E-state index in [2.05, 4.69) is 67.6 Å². The SMILES string of the molecule is CCCCP1C2=Cc3ccccc3[CH]2[Ti+2][CH]2C1=Cc1ccccc12.[F-].[F-]. The predicted octanol–water partition coefficient (Wildman–Crippen LogP) is 0.564. The molecule has 0 amide bonds. The van der Waals surface area contributed by atoms with Crippen molar-refractivity contribution in [3.8, 4) is 0 Å². The minimum Gasteiger partial charge on any atom is -1.00 e. The van der Waals surface area contributed by atoms with Crippen LogP contribution in [0.3, 0.4) is 0 Å². The van der Waals surface area contributed by atoms with Crippen LogP contribution in [-0.4, -0.2) is 6.16 Å². The summed E-state index contributed by atoms with van der Waals surface area (Å²) in [5.74, 6) is 0. The van der Waals surface area contributed by atoms with E-state index >= 15 is 0 Å². The normalized spacial score (nSPS) is 23.5. The number of rotatable bonds is 3. The molecule has 1 aliphatic heterocycles. The van der Waals surface area contributed by atoms with Crippen molar-refractivity contribution in [1.29, 1.82) is 0 Å². The number of unbranched alkanes of at least 4 members (excludes halogenated alkanes) is 1. The Balaban J connectivity index is 0.000000980. The Labute approximate surface area is 164 Å². The third-order valence-electron chi connectivity index (χ3n) is 5.50. The zero-order valence-corrected chi connectivity index (χ0v) is 17.2. The summed E-state index contributed by atoms with van der Waals surface area (Å²) in [6.07, 6.45) is 9.22. The molecule has 4 heteroatoms. The molecule has 2 atom stereocenters. The first-order chi connectivity index (χ1) is 11.9. The van der Waals surface area contributed by atoms with E-state index in [0.29, 0.717) is 0 Å². The molecule has 0 radical (unpaired) electrons. The van der Waals surface area contributed by atoms with Crippen molar-refractivity contribution in [2.75, 3.05) is 6.16 Å². The molecule has 1 heterocycles. The minimum absolute atomic E-state index is 0. The topological polar surface area (TPSA) is 0 Å². The largest absolute Gasteiger partial charge is 1.00 e. The predicted molar refractivity (Wildman–Crippen MR) is 101 cm³/mol. The quantitative estimate of drug-likeness (QED) is 0.520. The maximum absolute atomic E-state index is 2.57. The molecule has 2 aromatic carbocycles. The van der Waals surface area contributed by atoms with Crippen LogP contribution in [0.15, 0.2) is 59.2 Å². The molecular formula is C22H21F2PTi. The van der Waals surface area contributed by atoms with Gasteiger partial charge in [0.05, 0.1) is 0 Å². The standard InChI is InChI=1S/C22H21P.2FH.Ti/c1-2-3-12-23(21-13-17-8-4-5-9-18(17)14-21)22-15-19-10-6-7-11-20(19)16-22;;;/h4-11,13-16H,2-3,12H2,1H3;2*1H;/q;;;+2/p-2. The molecular weight excluding hydrogens is 381 g/mol. The van der Waals surface area contributed by atoms with Crippen LogP contribution in [-0.2, 0) is 19.2 Å². The second-order valence-electron chi connectivity index (χ2n) is 6.93. The summed E-state index contributed by atoms with van der Waals surface area (Å²) in [5.41, 5.74) is 6.30. The number of hydrogen-bond donors (Lipinski definition) is 0. The molecule has 26 heavy (non-hydrogen) atoms. The number of hydrogen-bond acceptors (Lipinski definition) is 0. The molecule has 2 aliphatic carbocycles. The van der Waals surface area contributed by atoms with E-state index in [1.165, 1.54) is 30.1 Å². The van der Waals surface area contributed by atoms with Crippen LogP contribution in [0, 0.1) is 0 Å². The summed E-state index contributed by atoms with van der Waals surface area (Å²) in [6, 6.07) is 18.4. The fourth-order valence-corrected chi connectivity index (χ4v) is 12.0. The van der Waals surface area contributed by atoms with Crippen LogP contribution in [0.1, 0.15) is 50.5 Å². The van der Waals surface area contributed by atoms with Gasteiger partial charge < -0.3 is 9.41 Å². The average Bonchev–Trinajstić information content (AvgIpc) is 3.17. The molecule has 2 aromatic rings. The van der Waals surface area contributed by atoms with Crippen LogP contribution in [0.25, 0.3) is 12.2 Å². The number of allylic oxidation sites excluding steroid dienone is 2. The van der Waals surface area contributed by atoms with Crippen LogP contribution in [0.5, 0.6) is 0 Å². The summed E-state index contributed by atoms with van der Waals surface area (Å²) < 4.78 is 1.58. The first-order valence-corrected chi connectivity index (χ1v) is 12.3. The van der Waals surface area contributed by atoms with Gasteiger partial charge in [0.15, 0.2) is 0 Å². The van der Waals surface area contributed by atoms with Crippen LogP contribution in [0.2, 0.25) is 0 Å². The third kappa shape index (κ3) is 2.97. The number of fused-ring (bicyclic) bond motifs is 6. The molecule has 1 fully saturated rings. The number of benzene rings is 2. The Bertz CT molecular complexity index is 806. The summed E-state index contributed by atoms with van der Waals surface area (Å²) >= 11 is -0.0762. The van der Waals surface area contributed by atoms with E-state index in [9.17, 15) is 0 Å². The molecule has 132 valence electrons. The Morgan fingerprint density at radius 1 is 0.808 bits per heavy atom. The minimum atomic E-state index is -0.0976. The number of halogens is 2. The zero-order chi connectivity index (χ0) is 16.1. The summed E-state index contributed by atoms with van der Waals surface area (Å²) in [6.45, 7) is 2.33. The van der Waals surface area contributed by atoms with Gasteiger partial charge in [0.2, 0.25) is 0 Å². The molecule has 0 saturated carbocycles. The maximum atomic E-state index is 2.57. The molecule has 0 aromatic heterocycles. The molecule has 0 bridgehead atoms. The van der Waals surface area contributed by atoms with Crippen molar-refractivity contribution in [2.24, 2.45) is 0 Å². The van der Waals surface area contributed by atoms with E-state index in [1.54, 1.807) is 11.1 Å². The van der Waals surface area contributed by atoms with E-state index < -0.39 is 0 Å². The van der Waals surface area contributed by atoms with E-state index in [-0.39, 0.29) is 36.5 Å². The van der Waals surface area contributed by atoms with Crippen molar-refractivity contribution < 1.29 is 28.6 Å². The van der Waals surface area contributed by atoms with Gasteiger partial charge in [0.1, 0.15) is 0 Å². The van der Waals surface area contributed by atoms with E-state index in [0.717, 1.165) is 8.45 Å². The van der Waals surface area contributed by atoms with Crippen molar-refractivity contribution in [2.45, 2.75) is 28.2 Å². The van der Waals surface area contributed by atoms with Gasteiger partial charge >= 0.3 is 155 Å². The first kappa shape index (κ1) is 19.7. The Kier molecular flexibility index (Phi) is 5.97. The van der Waals surface area contributed by atoms with Gasteiger partial charge in [0, 0.05) is 0 Å².